The average molecular weight is 260 g/mol. The van der Waals surface area contributed by atoms with Gasteiger partial charge in [-0.1, -0.05) is 6.07 Å². The number of urea groups is 1. The Morgan fingerprint density at radius 1 is 1.47 bits per heavy atom. The molecule has 0 radical (unpaired) electrons. The van der Waals surface area contributed by atoms with Gasteiger partial charge in [-0.25, -0.2) is 9.78 Å². The molecule has 0 spiro atoms. The number of imidazole rings is 1. The van der Waals surface area contributed by atoms with E-state index in [1.807, 2.05) is 14.0 Å². The fourth-order valence-electron chi connectivity index (χ4n) is 2.11. The molecule has 5 heteroatoms. The Morgan fingerprint density at radius 3 is 2.89 bits per heavy atom. The largest absolute Gasteiger partial charge is 0.341 e. The normalized spacial score (nSPS) is 10.7. The number of hydrogen-bond acceptors (Lipinski definition) is 2. The van der Waals surface area contributed by atoms with Crippen molar-refractivity contribution >= 4 is 17.1 Å². The minimum Gasteiger partial charge on any atom is -0.341 e. The van der Waals surface area contributed by atoms with Crippen molar-refractivity contribution in [2.45, 2.75) is 13.3 Å². The molecule has 0 aliphatic rings. The van der Waals surface area contributed by atoms with Crippen molar-refractivity contribution in [3.8, 4) is 0 Å². The molecule has 1 aromatic heterocycles. The number of carbonyl (C=O) groups is 1. The van der Waals surface area contributed by atoms with Gasteiger partial charge in [-0.05, 0) is 31.0 Å². The fourth-order valence-corrected chi connectivity index (χ4v) is 2.11. The molecular formula is C14H20N4O. The molecule has 19 heavy (non-hydrogen) atoms. The van der Waals surface area contributed by atoms with Crippen molar-refractivity contribution < 1.29 is 4.79 Å². The van der Waals surface area contributed by atoms with Crippen LogP contribution in [-0.4, -0.2) is 41.1 Å². The summed E-state index contributed by atoms with van der Waals surface area (Å²) in [5.41, 5.74) is 3.35. The number of aryl methyl sites for hydroxylation is 2. The van der Waals surface area contributed by atoms with Gasteiger partial charge in [0, 0.05) is 27.7 Å². The van der Waals surface area contributed by atoms with Crippen molar-refractivity contribution in [1.29, 1.82) is 0 Å². The molecule has 5 nitrogen and oxygen atoms in total. The summed E-state index contributed by atoms with van der Waals surface area (Å²) in [5.74, 6) is 1.01. The highest BCUT2D eigenvalue weighted by molar-refractivity contribution is 5.77. The van der Waals surface area contributed by atoms with Crippen LogP contribution in [0.4, 0.5) is 4.79 Å². The third kappa shape index (κ3) is 2.70. The second-order valence-corrected chi connectivity index (χ2v) is 4.77. The van der Waals surface area contributed by atoms with E-state index in [1.165, 1.54) is 5.56 Å². The highest BCUT2D eigenvalue weighted by Crippen LogP contribution is 2.16. The second kappa shape index (κ2) is 5.30. The summed E-state index contributed by atoms with van der Waals surface area (Å²) in [4.78, 5) is 17.6. The maximum absolute atomic E-state index is 11.4. The maximum Gasteiger partial charge on any atom is 0.316 e. The lowest BCUT2D eigenvalue weighted by Gasteiger charge is -2.16. The van der Waals surface area contributed by atoms with Gasteiger partial charge >= 0.3 is 6.03 Å². The number of benzene rings is 1. The van der Waals surface area contributed by atoms with Gasteiger partial charge in [0.2, 0.25) is 0 Å². The summed E-state index contributed by atoms with van der Waals surface area (Å²) < 4.78 is 2.08. The van der Waals surface area contributed by atoms with E-state index < -0.39 is 0 Å². The van der Waals surface area contributed by atoms with E-state index in [4.69, 9.17) is 0 Å². The number of amides is 2. The lowest BCUT2D eigenvalue weighted by Crippen LogP contribution is -2.36. The average Bonchev–Trinajstić information content (AvgIpc) is 2.70. The number of rotatable bonds is 3. The number of fused-ring (bicyclic) bond motifs is 1. The molecule has 0 aliphatic carbocycles. The molecule has 0 saturated carbocycles. The molecule has 2 rings (SSSR count). The van der Waals surface area contributed by atoms with Crippen LogP contribution < -0.4 is 5.32 Å². The summed E-state index contributed by atoms with van der Waals surface area (Å²) in [6.07, 6.45) is 0.829. The van der Waals surface area contributed by atoms with Gasteiger partial charge in [0.05, 0.1) is 11.0 Å². The SMILES string of the molecule is CNC(=O)N(C)CCc1ccc2c(c1)nc(C)n2C. The predicted octanol–water partition coefficient (Wildman–Crippen LogP) is 1.70. The van der Waals surface area contributed by atoms with Crippen LogP contribution in [0.5, 0.6) is 0 Å². The van der Waals surface area contributed by atoms with Crippen molar-refractivity contribution in [3.05, 3.63) is 29.6 Å². The van der Waals surface area contributed by atoms with E-state index >= 15 is 0 Å². The van der Waals surface area contributed by atoms with Gasteiger partial charge in [-0.3, -0.25) is 0 Å². The first-order valence-electron chi connectivity index (χ1n) is 6.37. The molecule has 0 aliphatic heterocycles. The maximum atomic E-state index is 11.4. The fraction of sp³-hybridized carbons (Fsp3) is 0.429. The van der Waals surface area contributed by atoms with E-state index in [9.17, 15) is 4.79 Å². The molecule has 1 N–H and O–H groups in total. The number of aromatic nitrogens is 2. The molecule has 0 atom stereocenters. The van der Waals surface area contributed by atoms with Crippen LogP contribution >= 0.6 is 0 Å². The first-order valence-corrected chi connectivity index (χ1v) is 6.37. The standard InChI is InChI=1S/C14H20N4O/c1-10-16-12-9-11(5-6-13(12)18(10)4)7-8-17(3)14(19)15-2/h5-6,9H,7-8H2,1-4H3,(H,15,19). The van der Waals surface area contributed by atoms with Crippen LogP contribution in [0.1, 0.15) is 11.4 Å². The van der Waals surface area contributed by atoms with E-state index in [0.717, 1.165) is 23.3 Å². The Bertz CT molecular complexity index is 603. The summed E-state index contributed by atoms with van der Waals surface area (Å²) in [5, 5.41) is 2.61. The number of carbonyl (C=O) groups excluding carboxylic acids is 1. The van der Waals surface area contributed by atoms with Gasteiger partial charge in [-0.15, -0.1) is 0 Å². The van der Waals surface area contributed by atoms with Crippen LogP contribution in [0, 0.1) is 6.92 Å². The van der Waals surface area contributed by atoms with E-state index in [1.54, 1.807) is 19.0 Å². The Hall–Kier alpha value is -2.04. The summed E-state index contributed by atoms with van der Waals surface area (Å²) in [6.45, 7) is 2.69. The number of nitrogens with zero attached hydrogens (tertiary/aromatic N) is 3. The zero-order chi connectivity index (χ0) is 14.0. The van der Waals surface area contributed by atoms with Crippen molar-refractivity contribution in [3.63, 3.8) is 0 Å². The minimum atomic E-state index is -0.0604. The summed E-state index contributed by atoms with van der Waals surface area (Å²) in [6, 6.07) is 6.22. The lowest BCUT2D eigenvalue weighted by molar-refractivity contribution is 0.211. The van der Waals surface area contributed by atoms with Gasteiger partial charge < -0.3 is 14.8 Å². The number of nitrogens with one attached hydrogen (secondary N) is 1. The predicted molar refractivity (Wildman–Crippen MR) is 76.2 cm³/mol. The van der Waals surface area contributed by atoms with Crippen LogP contribution in [0.25, 0.3) is 11.0 Å². The van der Waals surface area contributed by atoms with Gasteiger partial charge in [0.15, 0.2) is 0 Å². The van der Waals surface area contributed by atoms with Crippen molar-refractivity contribution in [2.75, 3.05) is 20.6 Å². The van der Waals surface area contributed by atoms with Crippen LogP contribution in [0.2, 0.25) is 0 Å². The molecule has 2 amide bonds. The molecular weight excluding hydrogens is 240 g/mol. The molecule has 102 valence electrons. The third-order valence-corrected chi connectivity index (χ3v) is 3.47. The van der Waals surface area contributed by atoms with Crippen LogP contribution in [0.15, 0.2) is 18.2 Å². The number of likely N-dealkylation sites (N-methyl/N-ethyl adjacent to an activating group) is 1. The zero-order valence-electron chi connectivity index (χ0n) is 11.9. The quantitative estimate of drug-likeness (QED) is 0.913. The Kier molecular flexibility index (Phi) is 3.74. The first kappa shape index (κ1) is 13.4. The summed E-state index contributed by atoms with van der Waals surface area (Å²) >= 11 is 0. The highest BCUT2D eigenvalue weighted by Gasteiger charge is 2.08. The second-order valence-electron chi connectivity index (χ2n) is 4.77. The van der Waals surface area contributed by atoms with Gasteiger partial charge in [0.25, 0.3) is 0 Å². The minimum absolute atomic E-state index is 0.0604. The molecule has 2 aromatic rings. The topological polar surface area (TPSA) is 50.2 Å². The highest BCUT2D eigenvalue weighted by atomic mass is 16.2. The van der Waals surface area contributed by atoms with Crippen molar-refractivity contribution in [2.24, 2.45) is 7.05 Å². The van der Waals surface area contributed by atoms with Crippen molar-refractivity contribution in [1.82, 2.24) is 19.8 Å². The van der Waals surface area contributed by atoms with Crippen LogP contribution in [-0.2, 0) is 13.5 Å². The van der Waals surface area contributed by atoms with E-state index in [-0.39, 0.29) is 6.03 Å². The zero-order valence-corrected chi connectivity index (χ0v) is 11.9. The smallest absolute Gasteiger partial charge is 0.316 e. The molecule has 1 aromatic carbocycles. The Morgan fingerprint density at radius 2 is 2.21 bits per heavy atom. The van der Waals surface area contributed by atoms with Gasteiger partial charge in [0.1, 0.15) is 5.82 Å². The molecule has 0 bridgehead atoms. The van der Waals surface area contributed by atoms with E-state index in [2.05, 4.69) is 33.1 Å². The Labute approximate surface area is 113 Å². The summed E-state index contributed by atoms with van der Waals surface area (Å²) in [7, 11) is 5.45. The lowest BCUT2D eigenvalue weighted by atomic mass is 10.1. The van der Waals surface area contributed by atoms with E-state index in [0.29, 0.717) is 6.54 Å². The van der Waals surface area contributed by atoms with Crippen LogP contribution in [0.3, 0.4) is 0 Å². The number of hydrogen-bond donors (Lipinski definition) is 1. The monoisotopic (exact) mass is 260 g/mol. The van der Waals surface area contributed by atoms with Gasteiger partial charge in [-0.2, -0.15) is 0 Å². The molecule has 1 heterocycles. The molecule has 0 fully saturated rings. The Balaban J connectivity index is 2.12. The molecule has 0 saturated heterocycles. The molecule has 0 unspecified atom stereocenters. The first-order chi connectivity index (χ1) is 9.02. The third-order valence-electron chi connectivity index (χ3n) is 3.47.